The molecular weight excluding hydrogens is 282 g/mol. The highest BCUT2D eigenvalue weighted by molar-refractivity contribution is 6.08. The molecule has 0 N–H and O–H groups in total. The molecule has 2 aromatic carbocycles. The second kappa shape index (κ2) is 5.24. The Morgan fingerprint density at radius 2 is 1.78 bits per heavy atom. The van der Waals surface area contributed by atoms with E-state index in [1.807, 2.05) is 6.20 Å². The van der Waals surface area contributed by atoms with Crippen LogP contribution in [0.1, 0.15) is 30.9 Å². The molecule has 2 heteroatoms. The number of furan rings is 1. The van der Waals surface area contributed by atoms with E-state index in [1.54, 1.807) is 0 Å². The van der Waals surface area contributed by atoms with Gasteiger partial charge in [-0.2, -0.15) is 0 Å². The smallest absolute Gasteiger partial charge is 0.157 e. The lowest BCUT2D eigenvalue weighted by Gasteiger charge is -2.04. The van der Waals surface area contributed by atoms with Crippen LogP contribution in [-0.4, -0.2) is 4.98 Å². The van der Waals surface area contributed by atoms with E-state index < -0.39 is 0 Å². The number of hydrogen-bond acceptors (Lipinski definition) is 2. The monoisotopic (exact) mass is 301 g/mol. The Bertz CT molecular complexity index is 1010. The van der Waals surface area contributed by atoms with E-state index in [4.69, 9.17) is 4.42 Å². The second-order valence-corrected chi connectivity index (χ2v) is 6.39. The lowest BCUT2D eigenvalue weighted by atomic mass is 10.0. The van der Waals surface area contributed by atoms with Crippen LogP contribution in [0.5, 0.6) is 0 Å². The topological polar surface area (TPSA) is 26.0 Å². The van der Waals surface area contributed by atoms with Gasteiger partial charge in [0.15, 0.2) is 5.58 Å². The zero-order valence-corrected chi connectivity index (χ0v) is 13.6. The van der Waals surface area contributed by atoms with E-state index in [1.165, 1.54) is 16.7 Å². The predicted octanol–water partition coefficient (Wildman–Crippen LogP) is 6.08. The molecule has 114 valence electrons. The van der Waals surface area contributed by atoms with Gasteiger partial charge in [-0.1, -0.05) is 55.8 Å². The van der Waals surface area contributed by atoms with E-state index in [2.05, 4.69) is 74.3 Å². The molecule has 0 spiro atoms. The van der Waals surface area contributed by atoms with Gasteiger partial charge in [-0.3, -0.25) is 4.98 Å². The van der Waals surface area contributed by atoms with E-state index in [-0.39, 0.29) is 0 Å². The Kier molecular flexibility index (Phi) is 3.19. The predicted molar refractivity (Wildman–Crippen MR) is 95.8 cm³/mol. The molecule has 0 aliphatic rings. The summed E-state index contributed by atoms with van der Waals surface area (Å²) in [5, 5.41) is 1.08. The van der Waals surface area contributed by atoms with Crippen LogP contribution in [0.4, 0.5) is 0 Å². The summed E-state index contributed by atoms with van der Waals surface area (Å²) < 4.78 is 6.31. The molecule has 0 radical (unpaired) electrons. The first kappa shape index (κ1) is 14.0. The summed E-state index contributed by atoms with van der Waals surface area (Å²) in [5.74, 6) is 0.406. The van der Waals surface area contributed by atoms with Crippen LogP contribution in [0.25, 0.3) is 33.2 Å². The third kappa shape index (κ3) is 2.22. The largest absolute Gasteiger partial charge is 0.453 e. The van der Waals surface area contributed by atoms with Gasteiger partial charge in [0.1, 0.15) is 11.1 Å². The fraction of sp³-hybridized carbons (Fsp3) is 0.190. The highest BCUT2D eigenvalue weighted by Crippen LogP contribution is 2.37. The summed E-state index contributed by atoms with van der Waals surface area (Å²) in [7, 11) is 0. The lowest BCUT2D eigenvalue weighted by Crippen LogP contribution is -1.88. The van der Waals surface area contributed by atoms with Crippen molar-refractivity contribution in [3.05, 3.63) is 65.9 Å². The van der Waals surface area contributed by atoms with Crippen molar-refractivity contribution in [3.8, 4) is 11.1 Å². The first-order chi connectivity index (χ1) is 11.1. The van der Waals surface area contributed by atoms with Gasteiger partial charge in [0.25, 0.3) is 0 Å². The van der Waals surface area contributed by atoms with Crippen molar-refractivity contribution >= 4 is 22.1 Å². The molecule has 0 aliphatic heterocycles. The molecule has 2 heterocycles. The number of hydrogen-bond donors (Lipinski definition) is 0. The van der Waals surface area contributed by atoms with E-state index in [9.17, 15) is 0 Å². The molecular formula is C21H19NO. The van der Waals surface area contributed by atoms with Crippen LogP contribution in [0.2, 0.25) is 0 Å². The molecule has 2 nitrogen and oxygen atoms in total. The number of aryl methyl sites for hydroxylation is 1. The van der Waals surface area contributed by atoms with E-state index >= 15 is 0 Å². The van der Waals surface area contributed by atoms with Gasteiger partial charge in [0, 0.05) is 22.7 Å². The highest BCUT2D eigenvalue weighted by atomic mass is 16.3. The SMILES string of the molecule is Cc1cccc(-c2cccc3c2oc2c(C(C)C)ccnc23)c1. The maximum Gasteiger partial charge on any atom is 0.157 e. The van der Waals surface area contributed by atoms with Gasteiger partial charge in [-0.25, -0.2) is 0 Å². The maximum atomic E-state index is 6.31. The third-order valence-corrected chi connectivity index (χ3v) is 4.36. The van der Waals surface area contributed by atoms with Crippen molar-refractivity contribution in [2.75, 3.05) is 0 Å². The van der Waals surface area contributed by atoms with Gasteiger partial charge in [-0.05, 0) is 30.5 Å². The molecule has 0 aliphatic carbocycles. The average molecular weight is 301 g/mol. The number of benzene rings is 2. The second-order valence-electron chi connectivity index (χ2n) is 6.39. The quantitative estimate of drug-likeness (QED) is 0.448. The van der Waals surface area contributed by atoms with E-state index in [0.717, 1.165) is 27.6 Å². The van der Waals surface area contributed by atoms with Crippen molar-refractivity contribution in [1.29, 1.82) is 0 Å². The minimum atomic E-state index is 0.406. The maximum absolute atomic E-state index is 6.31. The van der Waals surface area contributed by atoms with Gasteiger partial charge < -0.3 is 4.42 Å². The van der Waals surface area contributed by atoms with Crippen LogP contribution >= 0.6 is 0 Å². The van der Waals surface area contributed by atoms with Crippen LogP contribution in [0, 0.1) is 6.92 Å². The molecule has 0 atom stereocenters. The standard InChI is InChI=1S/C21H19NO/c1-13(2)16-10-11-22-19-18-9-5-8-17(20(18)23-21(16)19)15-7-4-6-14(3)12-15/h4-13H,1-3H3. The molecule has 0 bridgehead atoms. The van der Waals surface area contributed by atoms with Gasteiger partial charge in [-0.15, -0.1) is 0 Å². The Morgan fingerprint density at radius 1 is 0.957 bits per heavy atom. The zero-order valence-electron chi connectivity index (χ0n) is 13.6. The first-order valence-electron chi connectivity index (χ1n) is 8.02. The molecule has 4 aromatic rings. The minimum absolute atomic E-state index is 0.406. The van der Waals surface area contributed by atoms with Crippen LogP contribution in [0.3, 0.4) is 0 Å². The summed E-state index contributed by atoms with van der Waals surface area (Å²) >= 11 is 0. The molecule has 4 rings (SSSR count). The van der Waals surface area contributed by atoms with Crippen LogP contribution in [-0.2, 0) is 0 Å². The molecule has 0 fully saturated rings. The zero-order chi connectivity index (χ0) is 16.0. The minimum Gasteiger partial charge on any atom is -0.453 e. The molecule has 0 amide bonds. The van der Waals surface area contributed by atoms with Gasteiger partial charge in [0.05, 0.1) is 0 Å². The highest BCUT2D eigenvalue weighted by Gasteiger charge is 2.16. The fourth-order valence-electron chi connectivity index (χ4n) is 3.19. The van der Waals surface area contributed by atoms with E-state index in [0.29, 0.717) is 5.92 Å². The number of nitrogens with zero attached hydrogens (tertiary/aromatic N) is 1. The van der Waals surface area contributed by atoms with Crippen molar-refractivity contribution < 1.29 is 4.42 Å². The Balaban J connectivity index is 2.08. The third-order valence-electron chi connectivity index (χ3n) is 4.36. The summed E-state index contributed by atoms with van der Waals surface area (Å²) in [6, 6.07) is 16.9. The number of aromatic nitrogens is 1. The van der Waals surface area contributed by atoms with Crippen molar-refractivity contribution in [1.82, 2.24) is 4.98 Å². The molecule has 0 saturated heterocycles. The molecule has 2 aromatic heterocycles. The molecule has 0 saturated carbocycles. The lowest BCUT2D eigenvalue weighted by molar-refractivity contribution is 0.657. The Hall–Kier alpha value is -2.61. The van der Waals surface area contributed by atoms with Crippen LogP contribution < -0.4 is 0 Å². The number of pyridine rings is 1. The molecule has 0 unspecified atom stereocenters. The first-order valence-corrected chi connectivity index (χ1v) is 8.02. The summed E-state index contributed by atoms with van der Waals surface area (Å²) in [6.45, 7) is 6.48. The molecule has 23 heavy (non-hydrogen) atoms. The normalized spacial score (nSPS) is 11.7. The van der Waals surface area contributed by atoms with Gasteiger partial charge >= 0.3 is 0 Å². The fourth-order valence-corrected chi connectivity index (χ4v) is 3.19. The van der Waals surface area contributed by atoms with Crippen LogP contribution in [0.15, 0.2) is 59.1 Å². The average Bonchev–Trinajstić information content (AvgIpc) is 2.93. The number of fused-ring (bicyclic) bond motifs is 3. The summed E-state index contributed by atoms with van der Waals surface area (Å²) in [6.07, 6.45) is 1.88. The van der Waals surface area contributed by atoms with Crippen molar-refractivity contribution in [2.45, 2.75) is 26.7 Å². The summed E-state index contributed by atoms with van der Waals surface area (Å²) in [5.41, 5.74) is 7.56. The van der Waals surface area contributed by atoms with Gasteiger partial charge in [0.2, 0.25) is 0 Å². The summed E-state index contributed by atoms with van der Waals surface area (Å²) in [4.78, 5) is 4.57. The van der Waals surface area contributed by atoms with Crippen molar-refractivity contribution in [3.63, 3.8) is 0 Å². The van der Waals surface area contributed by atoms with Crippen molar-refractivity contribution in [2.24, 2.45) is 0 Å². The number of rotatable bonds is 2. The Morgan fingerprint density at radius 3 is 2.57 bits per heavy atom. The Labute approximate surface area is 135 Å². The number of para-hydroxylation sites is 1.